The fourth-order valence-corrected chi connectivity index (χ4v) is 1.68. The van der Waals surface area contributed by atoms with E-state index in [1.54, 1.807) is 0 Å². The molecule has 2 heteroatoms. The van der Waals surface area contributed by atoms with Gasteiger partial charge >= 0.3 is 0 Å². The highest BCUT2D eigenvalue weighted by Gasteiger charge is 2.22. The summed E-state index contributed by atoms with van der Waals surface area (Å²) in [5.41, 5.74) is 0. The van der Waals surface area contributed by atoms with Gasteiger partial charge in [-0.3, -0.25) is 4.90 Å². The van der Waals surface area contributed by atoms with Crippen molar-refractivity contribution in [2.45, 2.75) is 25.8 Å². The summed E-state index contributed by atoms with van der Waals surface area (Å²) in [6.07, 6.45) is 4.13. The highest BCUT2D eigenvalue weighted by atomic mass is 16.5. The summed E-state index contributed by atoms with van der Waals surface area (Å²) in [7, 11) is 0. The maximum absolute atomic E-state index is 5.17. The van der Waals surface area contributed by atoms with E-state index >= 15 is 0 Å². The normalized spacial score (nSPS) is 25.4. The zero-order valence-corrected chi connectivity index (χ0v) is 7.25. The summed E-state index contributed by atoms with van der Waals surface area (Å²) in [5.74, 6) is 0. The number of nitrogens with zero attached hydrogens (tertiary/aromatic N) is 1. The van der Waals surface area contributed by atoms with Crippen LogP contribution in [0.1, 0.15) is 19.8 Å². The number of hydrogen-bond acceptors (Lipinski definition) is 2. The van der Waals surface area contributed by atoms with E-state index in [0.717, 1.165) is 13.2 Å². The van der Waals surface area contributed by atoms with Gasteiger partial charge in [-0.1, -0.05) is 13.5 Å². The van der Waals surface area contributed by atoms with E-state index < -0.39 is 0 Å². The molecular weight excluding hydrogens is 138 g/mol. The van der Waals surface area contributed by atoms with Crippen LogP contribution < -0.4 is 0 Å². The summed E-state index contributed by atoms with van der Waals surface area (Å²) < 4.78 is 5.17. The Morgan fingerprint density at radius 2 is 2.55 bits per heavy atom. The van der Waals surface area contributed by atoms with Gasteiger partial charge < -0.3 is 4.74 Å². The molecule has 64 valence electrons. The minimum Gasteiger partial charge on any atom is -0.500 e. The number of hydrogen-bond donors (Lipinski definition) is 0. The molecule has 0 N–H and O–H groups in total. The molecule has 0 spiro atoms. The molecule has 0 aromatic heterocycles. The van der Waals surface area contributed by atoms with Crippen molar-refractivity contribution in [1.82, 2.24) is 4.90 Å². The van der Waals surface area contributed by atoms with Gasteiger partial charge in [0.15, 0.2) is 0 Å². The standard InChI is InChI=1S/C9H17NO/c1-3-10-7-5-6-9(10)8-11-4-2/h4,9H,2-3,5-8H2,1H3/t9-/m0/s1. The van der Waals surface area contributed by atoms with Gasteiger partial charge in [-0.25, -0.2) is 0 Å². The SMILES string of the molecule is C=COC[C@@H]1CCCN1CC. The molecule has 0 aromatic carbocycles. The molecule has 11 heavy (non-hydrogen) atoms. The molecule has 0 amide bonds. The molecule has 1 saturated heterocycles. The molecule has 1 heterocycles. The Morgan fingerprint density at radius 3 is 3.18 bits per heavy atom. The molecule has 0 radical (unpaired) electrons. The van der Waals surface area contributed by atoms with E-state index in [4.69, 9.17) is 4.74 Å². The van der Waals surface area contributed by atoms with Crippen molar-refractivity contribution < 1.29 is 4.74 Å². The average molecular weight is 155 g/mol. The summed E-state index contributed by atoms with van der Waals surface area (Å²) in [6, 6.07) is 0.637. The van der Waals surface area contributed by atoms with Crippen molar-refractivity contribution in [2.24, 2.45) is 0 Å². The minimum atomic E-state index is 0.637. The quantitative estimate of drug-likeness (QED) is 0.572. The van der Waals surface area contributed by atoms with Crippen LogP contribution in [0.3, 0.4) is 0 Å². The first kappa shape index (κ1) is 8.60. The highest BCUT2D eigenvalue weighted by molar-refractivity contribution is 4.78. The van der Waals surface area contributed by atoms with Crippen molar-refractivity contribution in [2.75, 3.05) is 19.7 Å². The first-order valence-corrected chi connectivity index (χ1v) is 4.35. The van der Waals surface area contributed by atoms with Crippen molar-refractivity contribution in [3.8, 4) is 0 Å². The van der Waals surface area contributed by atoms with E-state index in [9.17, 15) is 0 Å². The monoisotopic (exact) mass is 155 g/mol. The maximum Gasteiger partial charge on any atom is 0.103 e. The minimum absolute atomic E-state index is 0.637. The Bertz CT molecular complexity index is 125. The van der Waals surface area contributed by atoms with Gasteiger partial charge in [0.25, 0.3) is 0 Å². The zero-order chi connectivity index (χ0) is 8.10. The van der Waals surface area contributed by atoms with E-state index in [2.05, 4.69) is 18.4 Å². The third-order valence-corrected chi connectivity index (χ3v) is 2.31. The molecule has 0 saturated carbocycles. The van der Waals surface area contributed by atoms with Gasteiger partial charge in [-0.15, -0.1) is 0 Å². The number of likely N-dealkylation sites (N-methyl/N-ethyl adjacent to an activating group) is 1. The fraction of sp³-hybridized carbons (Fsp3) is 0.778. The lowest BCUT2D eigenvalue weighted by atomic mass is 10.2. The van der Waals surface area contributed by atoms with Crippen LogP contribution in [-0.2, 0) is 4.74 Å². The second kappa shape index (κ2) is 4.39. The number of ether oxygens (including phenoxy) is 1. The molecule has 0 aliphatic carbocycles. The van der Waals surface area contributed by atoms with Crippen LogP contribution in [0.2, 0.25) is 0 Å². The van der Waals surface area contributed by atoms with Gasteiger partial charge in [-0.2, -0.15) is 0 Å². The van der Waals surface area contributed by atoms with E-state index in [1.165, 1.54) is 25.6 Å². The van der Waals surface area contributed by atoms with Crippen LogP contribution >= 0.6 is 0 Å². The molecule has 0 unspecified atom stereocenters. The number of likely N-dealkylation sites (tertiary alicyclic amines) is 1. The average Bonchev–Trinajstić information content (AvgIpc) is 2.47. The van der Waals surface area contributed by atoms with Crippen LogP contribution in [0.4, 0.5) is 0 Å². The zero-order valence-electron chi connectivity index (χ0n) is 7.25. The second-order valence-electron chi connectivity index (χ2n) is 2.92. The number of rotatable bonds is 4. The molecule has 1 aliphatic heterocycles. The third kappa shape index (κ3) is 2.22. The lowest BCUT2D eigenvalue weighted by Gasteiger charge is -2.21. The molecule has 0 bridgehead atoms. The van der Waals surface area contributed by atoms with Crippen LogP contribution in [0.15, 0.2) is 12.8 Å². The van der Waals surface area contributed by atoms with E-state index in [1.807, 2.05) is 0 Å². The van der Waals surface area contributed by atoms with Crippen molar-refractivity contribution >= 4 is 0 Å². The van der Waals surface area contributed by atoms with E-state index in [0.29, 0.717) is 6.04 Å². The Morgan fingerprint density at radius 1 is 1.73 bits per heavy atom. The summed E-state index contributed by atoms with van der Waals surface area (Å²) in [6.45, 7) is 8.93. The van der Waals surface area contributed by atoms with Gasteiger partial charge in [0, 0.05) is 6.04 Å². The molecule has 1 rings (SSSR count). The molecule has 1 fully saturated rings. The summed E-state index contributed by atoms with van der Waals surface area (Å²) in [4.78, 5) is 2.46. The molecule has 0 aromatic rings. The Balaban J connectivity index is 2.25. The van der Waals surface area contributed by atoms with Crippen LogP contribution in [0.25, 0.3) is 0 Å². The van der Waals surface area contributed by atoms with Crippen LogP contribution in [0, 0.1) is 0 Å². The van der Waals surface area contributed by atoms with Gasteiger partial charge in [0.05, 0.1) is 6.26 Å². The largest absolute Gasteiger partial charge is 0.500 e. The van der Waals surface area contributed by atoms with Crippen molar-refractivity contribution in [3.63, 3.8) is 0 Å². The Hall–Kier alpha value is -0.500. The lowest BCUT2D eigenvalue weighted by Crippen LogP contribution is -2.32. The highest BCUT2D eigenvalue weighted by Crippen LogP contribution is 2.16. The molecule has 1 aliphatic rings. The van der Waals surface area contributed by atoms with Gasteiger partial charge in [-0.05, 0) is 25.9 Å². The van der Waals surface area contributed by atoms with Crippen LogP contribution in [0.5, 0.6) is 0 Å². The summed E-state index contributed by atoms with van der Waals surface area (Å²) in [5, 5.41) is 0. The first-order valence-electron chi connectivity index (χ1n) is 4.35. The first-order chi connectivity index (χ1) is 5.38. The van der Waals surface area contributed by atoms with E-state index in [-0.39, 0.29) is 0 Å². The second-order valence-corrected chi connectivity index (χ2v) is 2.92. The predicted octanol–water partition coefficient (Wildman–Crippen LogP) is 1.63. The van der Waals surface area contributed by atoms with Crippen LogP contribution in [-0.4, -0.2) is 30.6 Å². The third-order valence-electron chi connectivity index (χ3n) is 2.31. The summed E-state index contributed by atoms with van der Waals surface area (Å²) >= 11 is 0. The van der Waals surface area contributed by atoms with Crippen molar-refractivity contribution in [1.29, 1.82) is 0 Å². The molecule has 2 nitrogen and oxygen atoms in total. The van der Waals surface area contributed by atoms with Crippen molar-refractivity contribution in [3.05, 3.63) is 12.8 Å². The van der Waals surface area contributed by atoms with Gasteiger partial charge in [0.1, 0.15) is 6.61 Å². The lowest BCUT2D eigenvalue weighted by molar-refractivity contribution is 0.147. The predicted molar refractivity (Wildman–Crippen MR) is 46.4 cm³/mol. The Labute approximate surface area is 68.8 Å². The maximum atomic E-state index is 5.17. The molecule has 1 atom stereocenters. The topological polar surface area (TPSA) is 12.5 Å². The smallest absolute Gasteiger partial charge is 0.103 e. The molecular formula is C9H17NO. The Kier molecular flexibility index (Phi) is 3.43. The fourth-order valence-electron chi connectivity index (χ4n) is 1.68. The van der Waals surface area contributed by atoms with Gasteiger partial charge in [0.2, 0.25) is 0 Å².